The first-order valence-electron chi connectivity index (χ1n) is 10.2. The minimum absolute atomic E-state index is 0.0194. The average molecular weight is 692 g/mol. The van der Waals surface area contributed by atoms with E-state index in [0.29, 0.717) is 0 Å². The summed E-state index contributed by atoms with van der Waals surface area (Å²) in [5.74, 6) is -2.81. The largest absolute Gasteiger partial charge is 0.456 e. The molecule has 0 bridgehead atoms. The quantitative estimate of drug-likeness (QED) is 0.183. The summed E-state index contributed by atoms with van der Waals surface area (Å²) >= 11 is 9.86. The Hall–Kier alpha value is -1.62. The first kappa shape index (κ1) is 31.4. The number of carbonyl (C=O) groups excluding carboxylic acids is 4. The Morgan fingerprint density at radius 2 is 1.11 bits per heavy atom. The van der Waals surface area contributed by atoms with E-state index in [9.17, 15) is 39.6 Å². The molecule has 0 saturated carbocycles. The van der Waals surface area contributed by atoms with Gasteiger partial charge in [-0.2, -0.15) is 0 Å². The molecule has 0 aliphatic heterocycles. The molecular formula is C20H26Br3N3O9. The number of carbonyl (C=O) groups is 4. The van der Waals surface area contributed by atoms with E-state index < -0.39 is 56.7 Å². The summed E-state index contributed by atoms with van der Waals surface area (Å²) in [4.78, 5) is 52.5. The summed E-state index contributed by atoms with van der Waals surface area (Å²) in [6, 6.07) is 0. The third kappa shape index (κ3) is 8.48. The molecular weight excluding hydrogens is 666 g/mol. The molecule has 0 aliphatic carbocycles. The molecule has 1 aromatic rings. The van der Waals surface area contributed by atoms with Crippen LogP contribution < -0.4 is 5.32 Å². The van der Waals surface area contributed by atoms with E-state index in [4.69, 9.17) is 0 Å². The van der Waals surface area contributed by atoms with Gasteiger partial charge in [-0.1, -0.05) is 0 Å². The minimum Gasteiger partial charge on any atom is -0.456 e. The molecule has 0 spiro atoms. The highest BCUT2D eigenvalue weighted by atomic mass is 79.9. The number of hydrogen-bond acceptors (Lipinski definition) is 9. The SMILES string of the molecule is CC(=O)OCC(=O)Nc1c(Br)c(C(=O)N(CCO)CCO)c(Br)c(C(=O)N(CCO)CCO)c1Br. The number of nitrogens with zero attached hydrogens (tertiary/aromatic N) is 2. The Morgan fingerprint density at radius 1 is 0.743 bits per heavy atom. The van der Waals surface area contributed by atoms with Gasteiger partial charge < -0.3 is 40.3 Å². The molecule has 196 valence electrons. The molecule has 0 fully saturated rings. The summed E-state index contributed by atoms with van der Waals surface area (Å²) in [6.07, 6.45) is 0. The first-order chi connectivity index (χ1) is 16.5. The highest BCUT2D eigenvalue weighted by Crippen LogP contribution is 2.43. The molecule has 0 saturated heterocycles. The molecule has 0 heterocycles. The van der Waals surface area contributed by atoms with Crippen LogP contribution in [0.3, 0.4) is 0 Å². The van der Waals surface area contributed by atoms with Gasteiger partial charge in [0, 0.05) is 37.6 Å². The zero-order chi connectivity index (χ0) is 26.7. The maximum Gasteiger partial charge on any atom is 0.303 e. The van der Waals surface area contributed by atoms with Crippen LogP contribution in [0.2, 0.25) is 0 Å². The first-order valence-corrected chi connectivity index (χ1v) is 12.6. The fourth-order valence-corrected chi connectivity index (χ4v) is 5.79. The topological polar surface area (TPSA) is 177 Å². The lowest BCUT2D eigenvalue weighted by molar-refractivity contribution is -0.144. The lowest BCUT2D eigenvalue weighted by Crippen LogP contribution is -2.38. The summed E-state index contributed by atoms with van der Waals surface area (Å²) in [5.41, 5.74) is -0.235. The second kappa shape index (κ2) is 15.5. The van der Waals surface area contributed by atoms with Crippen molar-refractivity contribution in [2.24, 2.45) is 0 Å². The van der Waals surface area contributed by atoms with Gasteiger partial charge in [-0.3, -0.25) is 19.2 Å². The van der Waals surface area contributed by atoms with Gasteiger partial charge in [-0.15, -0.1) is 0 Å². The van der Waals surface area contributed by atoms with Gasteiger partial charge in [0.15, 0.2) is 6.61 Å². The molecule has 12 nitrogen and oxygen atoms in total. The Kier molecular flexibility index (Phi) is 13.9. The van der Waals surface area contributed by atoms with Gasteiger partial charge in [0.25, 0.3) is 17.7 Å². The number of nitrogens with one attached hydrogen (secondary N) is 1. The van der Waals surface area contributed by atoms with E-state index in [1.807, 2.05) is 0 Å². The highest BCUT2D eigenvalue weighted by Gasteiger charge is 2.32. The number of anilines is 1. The van der Waals surface area contributed by atoms with Crippen LogP contribution >= 0.6 is 47.8 Å². The molecule has 0 radical (unpaired) electrons. The molecule has 5 N–H and O–H groups in total. The van der Waals surface area contributed by atoms with Crippen LogP contribution in [0, 0.1) is 0 Å². The number of esters is 1. The van der Waals surface area contributed by atoms with E-state index in [0.717, 1.165) is 16.7 Å². The number of ether oxygens (including phenoxy) is 1. The molecule has 0 atom stereocenters. The van der Waals surface area contributed by atoms with E-state index in [1.54, 1.807) is 0 Å². The molecule has 3 amide bonds. The van der Waals surface area contributed by atoms with Gasteiger partial charge in [0.1, 0.15) is 0 Å². The van der Waals surface area contributed by atoms with Crippen molar-refractivity contribution >= 4 is 77.2 Å². The van der Waals surface area contributed by atoms with Crippen LogP contribution in [0.15, 0.2) is 13.4 Å². The Balaban J connectivity index is 3.76. The van der Waals surface area contributed by atoms with Crippen molar-refractivity contribution in [3.63, 3.8) is 0 Å². The number of aliphatic hydroxyl groups excluding tert-OH is 4. The monoisotopic (exact) mass is 689 g/mol. The zero-order valence-electron chi connectivity index (χ0n) is 18.7. The van der Waals surface area contributed by atoms with E-state index in [2.05, 4.69) is 57.8 Å². The summed E-state index contributed by atoms with van der Waals surface area (Å²) < 4.78 is 4.83. The van der Waals surface area contributed by atoms with Crippen LogP contribution in [0.25, 0.3) is 0 Å². The zero-order valence-corrected chi connectivity index (χ0v) is 23.5. The maximum atomic E-state index is 13.4. The molecule has 1 aromatic carbocycles. The number of hydrogen-bond donors (Lipinski definition) is 5. The van der Waals surface area contributed by atoms with E-state index >= 15 is 0 Å². The van der Waals surface area contributed by atoms with Crippen molar-refractivity contribution < 1.29 is 44.3 Å². The summed E-state index contributed by atoms with van der Waals surface area (Å²) in [6.45, 7) is -1.54. The van der Waals surface area contributed by atoms with E-state index in [-0.39, 0.29) is 56.4 Å². The van der Waals surface area contributed by atoms with Crippen molar-refractivity contribution in [3.8, 4) is 0 Å². The van der Waals surface area contributed by atoms with Crippen molar-refractivity contribution in [2.45, 2.75) is 6.92 Å². The van der Waals surface area contributed by atoms with Crippen LogP contribution in [-0.2, 0) is 14.3 Å². The number of benzene rings is 1. The predicted octanol–water partition coefficient (Wildman–Crippen LogP) is 0.329. The van der Waals surface area contributed by atoms with Crippen LogP contribution in [0.4, 0.5) is 5.69 Å². The van der Waals surface area contributed by atoms with Crippen LogP contribution in [0.5, 0.6) is 0 Å². The third-order valence-corrected chi connectivity index (χ3v) is 6.85. The van der Waals surface area contributed by atoms with Gasteiger partial charge in [0.2, 0.25) is 0 Å². The van der Waals surface area contributed by atoms with Crippen molar-refractivity contribution in [1.29, 1.82) is 0 Å². The number of aliphatic hydroxyl groups is 4. The normalized spacial score (nSPS) is 10.6. The smallest absolute Gasteiger partial charge is 0.303 e. The Bertz CT molecular complexity index is 879. The number of rotatable bonds is 13. The van der Waals surface area contributed by atoms with Gasteiger partial charge in [-0.05, 0) is 47.8 Å². The average Bonchev–Trinajstić information content (AvgIpc) is 2.80. The molecule has 15 heteroatoms. The lowest BCUT2D eigenvalue weighted by atomic mass is 10.1. The minimum atomic E-state index is -0.758. The molecule has 0 unspecified atom stereocenters. The van der Waals surface area contributed by atoms with Crippen LogP contribution in [-0.4, -0.2) is 113 Å². The second-order valence-electron chi connectivity index (χ2n) is 6.87. The lowest BCUT2D eigenvalue weighted by Gasteiger charge is -2.27. The highest BCUT2D eigenvalue weighted by molar-refractivity contribution is 9.11. The Morgan fingerprint density at radius 3 is 1.43 bits per heavy atom. The molecule has 35 heavy (non-hydrogen) atoms. The fraction of sp³-hybridized carbons (Fsp3) is 0.500. The molecule has 0 aromatic heterocycles. The van der Waals surface area contributed by atoms with Gasteiger partial charge >= 0.3 is 5.97 Å². The molecule has 1 rings (SSSR count). The maximum absolute atomic E-state index is 13.4. The van der Waals surface area contributed by atoms with E-state index in [1.165, 1.54) is 0 Å². The van der Waals surface area contributed by atoms with Crippen molar-refractivity contribution in [1.82, 2.24) is 9.80 Å². The number of halogens is 3. The predicted molar refractivity (Wildman–Crippen MR) is 135 cm³/mol. The van der Waals surface area contributed by atoms with Gasteiger partial charge in [-0.25, -0.2) is 0 Å². The van der Waals surface area contributed by atoms with Crippen molar-refractivity contribution in [2.75, 3.05) is 64.5 Å². The van der Waals surface area contributed by atoms with Crippen molar-refractivity contribution in [3.05, 3.63) is 24.5 Å². The molecule has 0 aliphatic rings. The Labute approximate surface area is 226 Å². The number of amides is 3. The summed E-state index contributed by atoms with van der Waals surface area (Å²) in [5, 5.41) is 39.8. The van der Waals surface area contributed by atoms with Gasteiger partial charge in [0.05, 0.1) is 52.2 Å². The second-order valence-corrected chi connectivity index (χ2v) is 9.25. The standard InChI is InChI=1S/C20H26Br3N3O9/c1-11(31)35-10-12(32)24-18-16(22)13(19(33)25(2-6-27)3-7-28)15(21)14(17(18)23)20(34)26(4-8-29)5-9-30/h27-30H,2-10H2,1H3,(H,24,32). The van der Waals surface area contributed by atoms with Crippen LogP contribution in [0.1, 0.15) is 27.6 Å². The third-order valence-electron chi connectivity index (χ3n) is 4.47. The summed E-state index contributed by atoms with van der Waals surface area (Å²) in [7, 11) is 0. The fourth-order valence-electron chi connectivity index (χ4n) is 2.92.